The van der Waals surface area contributed by atoms with E-state index in [1.807, 2.05) is 0 Å². The van der Waals surface area contributed by atoms with E-state index < -0.39 is 46.7 Å². The Balaban J connectivity index is 2.33. The maximum atomic E-state index is 15.0. The summed E-state index contributed by atoms with van der Waals surface area (Å²) < 4.78 is 94.9. The third-order valence-corrected chi connectivity index (χ3v) is 5.01. The van der Waals surface area contributed by atoms with Crippen molar-refractivity contribution in [3.05, 3.63) is 52.9 Å². The number of nitrogens with two attached hydrogens (primary N) is 1. The van der Waals surface area contributed by atoms with Crippen molar-refractivity contribution in [2.24, 2.45) is 12.8 Å². The van der Waals surface area contributed by atoms with Crippen molar-refractivity contribution in [1.82, 2.24) is 9.78 Å². The van der Waals surface area contributed by atoms with E-state index in [2.05, 4.69) is 9.84 Å². The van der Waals surface area contributed by atoms with Gasteiger partial charge in [-0.2, -0.15) is 22.7 Å². The van der Waals surface area contributed by atoms with Crippen LogP contribution in [0.2, 0.25) is 5.02 Å². The van der Waals surface area contributed by atoms with E-state index in [-0.39, 0.29) is 46.1 Å². The van der Waals surface area contributed by atoms with Crippen LogP contribution in [0.1, 0.15) is 0 Å². The predicted molar refractivity (Wildman–Crippen MR) is 114 cm³/mol. The van der Waals surface area contributed by atoms with Crippen LogP contribution in [0, 0.1) is 17.5 Å². The summed E-state index contributed by atoms with van der Waals surface area (Å²) in [7, 11) is 2.27. The molecule has 0 fully saturated rings. The molecule has 3 aromatic rings. The quantitative estimate of drug-likeness (QED) is 0.358. The number of anilines is 2. The Morgan fingerprint density at radius 3 is 2.43 bits per heavy atom. The summed E-state index contributed by atoms with van der Waals surface area (Å²) in [5.74, 6) is -9.03. The third kappa shape index (κ3) is 5.00. The largest absolute Gasteiger partial charge is 0.492 e. The van der Waals surface area contributed by atoms with Gasteiger partial charge in [0, 0.05) is 25.2 Å². The van der Waals surface area contributed by atoms with Gasteiger partial charge in [-0.05, 0) is 18.2 Å². The molecular formula is C21H17ClF6N4O3. The molecule has 0 atom stereocenters. The monoisotopic (exact) mass is 522 g/mol. The lowest BCUT2D eigenvalue weighted by atomic mass is 10.1. The number of aryl methyl sites for hydroxylation is 1. The number of halogens is 7. The molecule has 0 radical (unpaired) electrons. The molecule has 1 heterocycles. The number of amides is 1. The second kappa shape index (κ2) is 10.0. The fourth-order valence-electron chi connectivity index (χ4n) is 3.25. The second-order valence-corrected chi connectivity index (χ2v) is 7.37. The number of alkyl halides is 3. The second-order valence-electron chi connectivity index (χ2n) is 6.96. The van der Waals surface area contributed by atoms with Crippen LogP contribution in [0.5, 0.6) is 11.5 Å². The molecule has 35 heavy (non-hydrogen) atoms. The van der Waals surface area contributed by atoms with Gasteiger partial charge >= 0.3 is 12.1 Å². The predicted octanol–water partition coefficient (Wildman–Crippen LogP) is 4.73. The highest BCUT2D eigenvalue weighted by atomic mass is 35.5. The minimum absolute atomic E-state index is 0.0159. The van der Waals surface area contributed by atoms with Crippen LogP contribution in [-0.4, -0.2) is 42.1 Å². The van der Waals surface area contributed by atoms with Crippen molar-refractivity contribution in [3.63, 3.8) is 0 Å². The molecule has 3 rings (SSSR count). The molecule has 188 valence electrons. The summed E-state index contributed by atoms with van der Waals surface area (Å²) >= 11 is 6.18. The lowest BCUT2D eigenvalue weighted by molar-refractivity contribution is -0.169. The van der Waals surface area contributed by atoms with Gasteiger partial charge in [-0.25, -0.2) is 8.78 Å². The smallest absolute Gasteiger partial charge is 0.472 e. The van der Waals surface area contributed by atoms with Crippen molar-refractivity contribution >= 4 is 28.9 Å². The molecule has 0 saturated heterocycles. The summed E-state index contributed by atoms with van der Waals surface area (Å²) in [6.45, 7) is 0.112. The third-order valence-electron chi connectivity index (χ3n) is 4.73. The van der Waals surface area contributed by atoms with Crippen LogP contribution in [0.3, 0.4) is 0 Å². The Hall–Kier alpha value is -3.45. The van der Waals surface area contributed by atoms with E-state index in [0.29, 0.717) is 0 Å². The first-order valence-electron chi connectivity index (χ1n) is 9.69. The Labute approximate surface area is 199 Å². The number of benzene rings is 2. The molecule has 0 bridgehead atoms. The lowest BCUT2D eigenvalue weighted by Crippen LogP contribution is -2.38. The van der Waals surface area contributed by atoms with Gasteiger partial charge in [-0.15, -0.1) is 0 Å². The zero-order valence-corrected chi connectivity index (χ0v) is 18.8. The summed E-state index contributed by atoms with van der Waals surface area (Å²) in [5, 5.41) is 4.04. The average Bonchev–Trinajstić information content (AvgIpc) is 3.13. The number of carbonyl (C=O) groups excluding carboxylic acids is 1. The first-order chi connectivity index (χ1) is 16.4. The van der Waals surface area contributed by atoms with Crippen molar-refractivity contribution in [2.75, 3.05) is 25.2 Å². The fourth-order valence-corrected chi connectivity index (χ4v) is 3.52. The topological polar surface area (TPSA) is 82.6 Å². The summed E-state index contributed by atoms with van der Waals surface area (Å²) in [6.07, 6.45) is -4.27. The highest BCUT2D eigenvalue weighted by Crippen LogP contribution is 2.42. The molecule has 1 amide bonds. The molecule has 0 aliphatic heterocycles. The number of rotatable bonds is 7. The number of aromatic nitrogens is 2. The van der Waals surface area contributed by atoms with E-state index in [4.69, 9.17) is 22.1 Å². The van der Waals surface area contributed by atoms with Gasteiger partial charge in [0.25, 0.3) is 0 Å². The molecule has 2 aromatic carbocycles. The number of hydrogen-bond acceptors (Lipinski definition) is 5. The van der Waals surface area contributed by atoms with Crippen LogP contribution in [-0.2, 0) is 11.8 Å². The Morgan fingerprint density at radius 2 is 1.89 bits per heavy atom. The number of methoxy groups -OCH3 is 1. The first-order valence-corrected chi connectivity index (χ1v) is 10.1. The first kappa shape index (κ1) is 26.2. The normalized spacial score (nSPS) is 11.5. The van der Waals surface area contributed by atoms with Crippen LogP contribution >= 0.6 is 11.6 Å². The SMILES string of the molecule is COc1c(F)c(F)cc(N(C(=O)C(F)(F)F)c2ccc(OCCN)c(-c3c(Cl)cnn3C)c2)c1F. The van der Waals surface area contributed by atoms with Crippen LogP contribution < -0.4 is 20.1 Å². The van der Waals surface area contributed by atoms with Crippen LogP contribution in [0.25, 0.3) is 11.3 Å². The molecule has 0 unspecified atom stereocenters. The number of nitrogens with zero attached hydrogens (tertiary/aromatic N) is 3. The van der Waals surface area contributed by atoms with Gasteiger partial charge in [-0.3, -0.25) is 14.4 Å². The number of carbonyl (C=O) groups is 1. The van der Waals surface area contributed by atoms with Crippen LogP contribution in [0.4, 0.5) is 37.7 Å². The van der Waals surface area contributed by atoms with E-state index >= 15 is 0 Å². The van der Waals surface area contributed by atoms with E-state index in [9.17, 15) is 31.1 Å². The zero-order chi connectivity index (χ0) is 26.1. The Morgan fingerprint density at radius 1 is 1.20 bits per heavy atom. The highest BCUT2D eigenvalue weighted by molar-refractivity contribution is 6.33. The van der Waals surface area contributed by atoms with Gasteiger partial charge in [0.05, 0.1) is 35.4 Å². The summed E-state index contributed by atoms with van der Waals surface area (Å²) in [5.41, 5.74) is 3.90. The summed E-state index contributed by atoms with van der Waals surface area (Å²) in [6, 6.07) is 3.34. The van der Waals surface area contributed by atoms with Crippen molar-refractivity contribution in [2.45, 2.75) is 6.18 Å². The molecular weight excluding hydrogens is 506 g/mol. The molecule has 0 saturated carbocycles. The van der Waals surface area contributed by atoms with E-state index in [1.54, 1.807) is 0 Å². The molecule has 14 heteroatoms. The standard InChI is InChI=1S/C21H17ClF6N4O3/c1-31-18(12(22)9-30-31)11-7-10(3-4-15(11)35-6-5-29)32(20(33)21(26,27)28)14-8-13(23)16(24)19(34-2)17(14)25/h3-4,7-9H,5-6,29H2,1-2H3. The molecule has 1 aromatic heterocycles. The molecule has 0 aliphatic rings. The number of ether oxygens (including phenoxy) is 2. The molecule has 2 N–H and O–H groups in total. The lowest BCUT2D eigenvalue weighted by Gasteiger charge is -2.26. The summed E-state index contributed by atoms with van der Waals surface area (Å²) in [4.78, 5) is 12.2. The van der Waals surface area contributed by atoms with Gasteiger partial charge in [-0.1, -0.05) is 11.6 Å². The average molecular weight is 523 g/mol. The fraction of sp³-hybridized carbons (Fsp3) is 0.238. The van der Waals surface area contributed by atoms with Gasteiger partial charge < -0.3 is 15.2 Å². The maximum Gasteiger partial charge on any atom is 0.472 e. The van der Waals surface area contributed by atoms with Gasteiger partial charge in [0.1, 0.15) is 12.4 Å². The van der Waals surface area contributed by atoms with Gasteiger partial charge in [0.15, 0.2) is 17.4 Å². The molecule has 0 spiro atoms. The highest BCUT2D eigenvalue weighted by Gasteiger charge is 2.45. The Bertz CT molecular complexity index is 1250. The maximum absolute atomic E-state index is 15.0. The van der Waals surface area contributed by atoms with Crippen LogP contribution in [0.15, 0.2) is 30.5 Å². The van der Waals surface area contributed by atoms with E-state index in [0.717, 1.165) is 19.2 Å². The van der Waals surface area contributed by atoms with Crippen molar-refractivity contribution in [3.8, 4) is 22.8 Å². The number of hydrogen-bond donors (Lipinski definition) is 1. The van der Waals surface area contributed by atoms with Crippen molar-refractivity contribution < 1.29 is 40.6 Å². The molecule has 0 aliphatic carbocycles. The van der Waals surface area contributed by atoms with E-state index in [1.165, 1.54) is 24.0 Å². The minimum atomic E-state index is -5.52. The molecule has 7 nitrogen and oxygen atoms in total. The zero-order valence-electron chi connectivity index (χ0n) is 18.1. The van der Waals surface area contributed by atoms with Gasteiger partial charge in [0.2, 0.25) is 5.82 Å². The minimum Gasteiger partial charge on any atom is -0.492 e. The van der Waals surface area contributed by atoms with Crippen molar-refractivity contribution in [1.29, 1.82) is 0 Å². The Kier molecular flexibility index (Phi) is 7.50.